The van der Waals surface area contributed by atoms with E-state index in [1.165, 1.54) is 26.4 Å². The third-order valence-electron chi connectivity index (χ3n) is 3.30. The SMILES string of the molecule is COc1ccc(C(=O)NCc2ccc(C(=O)O)cc2)cc1OC. The zero-order valence-corrected chi connectivity index (χ0v) is 12.8. The number of hydrogen-bond acceptors (Lipinski definition) is 4. The summed E-state index contributed by atoms with van der Waals surface area (Å²) in [7, 11) is 3.03. The van der Waals surface area contributed by atoms with Crippen LogP contribution in [0, 0.1) is 0 Å². The first kappa shape index (κ1) is 16.4. The molecule has 0 saturated carbocycles. The summed E-state index contributed by atoms with van der Waals surface area (Å²) in [5.41, 5.74) is 1.47. The maximum atomic E-state index is 12.2. The van der Waals surface area contributed by atoms with Gasteiger partial charge in [-0.3, -0.25) is 4.79 Å². The van der Waals surface area contributed by atoms with Crippen LogP contribution in [0.5, 0.6) is 11.5 Å². The Morgan fingerprint density at radius 2 is 1.57 bits per heavy atom. The van der Waals surface area contributed by atoms with E-state index in [9.17, 15) is 9.59 Å². The van der Waals surface area contributed by atoms with Crippen LogP contribution in [0.25, 0.3) is 0 Å². The fraction of sp³-hybridized carbons (Fsp3) is 0.176. The molecule has 0 fully saturated rings. The number of hydrogen-bond donors (Lipinski definition) is 2. The first-order valence-electron chi connectivity index (χ1n) is 6.87. The normalized spacial score (nSPS) is 10.0. The van der Waals surface area contributed by atoms with E-state index in [1.54, 1.807) is 30.3 Å². The Balaban J connectivity index is 2.03. The highest BCUT2D eigenvalue weighted by molar-refractivity contribution is 5.94. The van der Waals surface area contributed by atoms with Gasteiger partial charge in [-0.05, 0) is 35.9 Å². The van der Waals surface area contributed by atoms with Crippen LogP contribution < -0.4 is 14.8 Å². The zero-order chi connectivity index (χ0) is 16.8. The molecule has 0 spiro atoms. The van der Waals surface area contributed by atoms with Crippen LogP contribution in [-0.2, 0) is 6.54 Å². The van der Waals surface area contributed by atoms with E-state index in [2.05, 4.69) is 5.32 Å². The van der Waals surface area contributed by atoms with E-state index in [0.717, 1.165) is 5.56 Å². The maximum absolute atomic E-state index is 12.2. The molecule has 0 atom stereocenters. The number of nitrogens with one attached hydrogen (secondary N) is 1. The molecule has 2 rings (SSSR count). The topological polar surface area (TPSA) is 84.9 Å². The molecule has 120 valence electrons. The fourth-order valence-electron chi connectivity index (χ4n) is 2.03. The van der Waals surface area contributed by atoms with E-state index in [4.69, 9.17) is 14.6 Å². The average molecular weight is 315 g/mol. The van der Waals surface area contributed by atoms with Crippen LogP contribution in [-0.4, -0.2) is 31.2 Å². The van der Waals surface area contributed by atoms with Crippen molar-refractivity contribution in [2.75, 3.05) is 14.2 Å². The van der Waals surface area contributed by atoms with E-state index >= 15 is 0 Å². The third-order valence-corrected chi connectivity index (χ3v) is 3.30. The van der Waals surface area contributed by atoms with Crippen molar-refractivity contribution in [3.8, 4) is 11.5 Å². The highest BCUT2D eigenvalue weighted by Crippen LogP contribution is 2.27. The minimum Gasteiger partial charge on any atom is -0.493 e. The Labute approximate surface area is 133 Å². The lowest BCUT2D eigenvalue weighted by molar-refractivity contribution is 0.0696. The van der Waals surface area contributed by atoms with Crippen LogP contribution in [0.4, 0.5) is 0 Å². The summed E-state index contributed by atoms with van der Waals surface area (Å²) in [6.07, 6.45) is 0. The number of carbonyl (C=O) groups excluding carboxylic acids is 1. The number of rotatable bonds is 6. The van der Waals surface area contributed by atoms with Crippen molar-refractivity contribution in [2.24, 2.45) is 0 Å². The van der Waals surface area contributed by atoms with Crippen molar-refractivity contribution in [3.63, 3.8) is 0 Å². The van der Waals surface area contributed by atoms with Gasteiger partial charge in [-0.25, -0.2) is 4.79 Å². The molecule has 0 bridgehead atoms. The Morgan fingerprint density at radius 1 is 0.957 bits per heavy atom. The molecule has 0 aliphatic carbocycles. The molecule has 0 unspecified atom stereocenters. The van der Waals surface area contributed by atoms with Gasteiger partial charge in [0, 0.05) is 12.1 Å². The molecular formula is C17H17NO5. The molecule has 0 aromatic heterocycles. The zero-order valence-electron chi connectivity index (χ0n) is 12.8. The summed E-state index contributed by atoms with van der Waals surface area (Å²) in [6, 6.07) is 11.2. The maximum Gasteiger partial charge on any atom is 0.335 e. The van der Waals surface area contributed by atoms with Crippen molar-refractivity contribution in [1.82, 2.24) is 5.32 Å². The summed E-state index contributed by atoms with van der Waals surface area (Å²) in [5.74, 6) is -0.210. The highest BCUT2D eigenvalue weighted by Gasteiger charge is 2.10. The quantitative estimate of drug-likeness (QED) is 0.854. The Kier molecular flexibility index (Phi) is 5.19. The number of aromatic carboxylic acids is 1. The van der Waals surface area contributed by atoms with Gasteiger partial charge < -0.3 is 19.9 Å². The molecule has 23 heavy (non-hydrogen) atoms. The van der Waals surface area contributed by atoms with Gasteiger partial charge in [0.25, 0.3) is 5.91 Å². The van der Waals surface area contributed by atoms with E-state index in [-0.39, 0.29) is 11.5 Å². The second-order valence-electron chi connectivity index (χ2n) is 4.75. The summed E-state index contributed by atoms with van der Waals surface area (Å²) < 4.78 is 10.3. The molecule has 2 aromatic rings. The number of carbonyl (C=O) groups is 2. The van der Waals surface area contributed by atoms with Gasteiger partial charge in [-0.2, -0.15) is 0 Å². The average Bonchev–Trinajstić information content (AvgIpc) is 2.59. The van der Waals surface area contributed by atoms with Crippen LogP contribution in [0.2, 0.25) is 0 Å². The van der Waals surface area contributed by atoms with Gasteiger partial charge in [0.15, 0.2) is 11.5 Å². The van der Waals surface area contributed by atoms with Crippen LogP contribution in [0.1, 0.15) is 26.3 Å². The van der Waals surface area contributed by atoms with Gasteiger partial charge in [0.2, 0.25) is 0 Å². The number of carboxylic acids is 1. The minimum absolute atomic E-state index is 0.208. The van der Waals surface area contributed by atoms with Crippen molar-refractivity contribution in [1.29, 1.82) is 0 Å². The molecule has 6 nitrogen and oxygen atoms in total. The fourth-order valence-corrected chi connectivity index (χ4v) is 2.03. The summed E-state index contributed by atoms with van der Waals surface area (Å²) in [6.45, 7) is 0.299. The second kappa shape index (κ2) is 7.31. The van der Waals surface area contributed by atoms with Crippen LogP contribution >= 0.6 is 0 Å². The van der Waals surface area contributed by atoms with Crippen molar-refractivity contribution in [2.45, 2.75) is 6.54 Å². The van der Waals surface area contributed by atoms with Gasteiger partial charge in [-0.1, -0.05) is 12.1 Å². The number of methoxy groups -OCH3 is 2. The molecule has 2 aromatic carbocycles. The first-order valence-corrected chi connectivity index (χ1v) is 6.87. The van der Waals surface area contributed by atoms with Crippen molar-refractivity contribution >= 4 is 11.9 Å². The second-order valence-corrected chi connectivity index (χ2v) is 4.75. The Morgan fingerprint density at radius 3 is 2.13 bits per heavy atom. The number of amides is 1. The largest absolute Gasteiger partial charge is 0.493 e. The lowest BCUT2D eigenvalue weighted by Crippen LogP contribution is -2.22. The molecule has 2 N–H and O–H groups in total. The van der Waals surface area contributed by atoms with Gasteiger partial charge >= 0.3 is 5.97 Å². The molecule has 0 saturated heterocycles. The molecule has 0 radical (unpaired) electrons. The molecular weight excluding hydrogens is 298 g/mol. The third kappa shape index (κ3) is 4.00. The molecule has 6 heteroatoms. The number of carboxylic acid groups (broad SMARTS) is 1. The standard InChI is InChI=1S/C17H17NO5/c1-22-14-8-7-13(9-15(14)23-2)16(19)18-10-11-3-5-12(6-4-11)17(20)21/h3-9H,10H2,1-2H3,(H,18,19)(H,20,21). The summed E-state index contributed by atoms with van der Waals surface area (Å²) in [4.78, 5) is 22.9. The lowest BCUT2D eigenvalue weighted by Gasteiger charge is -2.10. The molecule has 0 heterocycles. The lowest BCUT2D eigenvalue weighted by atomic mass is 10.1. The predicted molar refractivity (Wildman–Crippen MR) is 84.1 cm³/mol. The molecule has 1 amide bonds. The number of benzene rings is 2. The van der Waals surface area contributed by atoms with Crippen LogP contribution in [0.3, 0.4) is 0 Å². The van der Waals surface area contributed by atoms with Gasteiger partial charge in [0.05, 0.1) is 19.8 Å². The molecule has 0 aliphatic heterocycles. The smallest absolute Gasteiger partial charge is 0.335 e. The van der Waals surface area contributed by atoms with Crippen molar-refractivity contribution < 1.29 is 24.2 Å². The van der Waals surface area contributed by atoms with E-state index in [1.807, 2.05) is 0 Å². The summed E-state index contributed by atoms with van der Waals surface area (Å²) >= 11 is 0. The highest BCUT2D eigenvalue weighted by atomic mass is 16.5. The van der Waals surface area contributed by atoms with Crippen molar-refractivity contribution in [3.05, 3.63) is 59.2 Å². The minimum atomic E-state index is -0.981. The molecule has 0 aliphatic rings. The number of ether oxygens (including phenoxy) is 2. The monoisotopic (exact) mass is 315 g/mol. The summed E-state index contributed by atoms with van der Waals surface area (Å²) in [5, 5.41) is 11.6. The Bertz CT molecular complexity index is 709. The van der Waals surface area contributed by atoms with Gasteiger partial charge in [0.1, 0.15) is 0 Å². The van der Waals surface area contributed by atoms with Gasteiger partial charge in [-0.15, -0.1) is 0 Å². The van der Waals surface area contributed by atoms with Crippen LogP contribution in [0.15, 0.2) is 42.5 Å². The first-order chi connectivity index (χ1) is 11.0. The van der Waals surface area contributed by atoms with E-state index < -0.39 is 5.97 Å². The van der Waals surface area contributed by atoms with E-state index in [0.29, 0.717) is 23.6 Å². The Hall–Kier alpha value is -3.02. The predicted octanol–water partition coefficient (Wildman–Crippen LogP) is 2.33.